The van der Waals surface area contributed by atoms with Gasteiger partial charge in [-0.3, -0.25) is 4.79 Å². The van der Waals surface area contributed by atoms with Crippen LogP contribution in [0.3, 0.4) is 0 Å². The molecule has 1 aliphatic heterocycles. The number of carbonyl (C=O) groups is 1. The van der Waals surface area contributed by atoms with Crippen molar-refractivity contribution in [1.29, 1.82) is 0 Å². The number of carbonyl (C=O) groups excluding carboxylic acids is 1. The maximum atomic E-state index is 12.5. The first-order valence-corrected chi connectivity index (χ1v) is 6.53. The molecule has 0 spiro atoms. The van der Waals surface area contributed by atoms with Gasteiger partial charge in [-0.15, -0.1) is 0 Å². The molecule has 1 fully saturated rings. The number of nitrogens with zero attached hydrogens (tertiary/aromatic N) is 1. The number of amides is 1. The Morgan fingerprint density at radius 1 is 1.40 bits per heavy atom. The van der Waals surface area contributed by atoms with Crippen LogP contribution >= 0.6 is 11.6 Å². The molecule has 8 heteroatoms. The van der Waals surface area contributed by atoms with E-state index in [-0.39, 0.29) is 16.7 Å². The second-order valence-electron chi connectivity index (χ2n) is 4.54. The molecule has 0 aliphatic carbocycles. The Hall–Kier alpha value is -1.50. The minimum atomic E-state index is -4.49. The summed E-state index contributed by atoms with van der Waals surface area (Å²) in [5, 5.41) is 5.36. The third kappa shape index (κ3) is 3.53. The highest BCUT2D eigenvalue weighted by Gasteiger charge is 2.32. The van der Waals surface area contributed by atoms with Crippen LogP contribution in [-0.2, 0) is 11.0 Å². The monoisotopic (exact) mass is 307 g/mol. The van der Waals surface area contributed by atoms with E-state index in [1.54, 1.807) is 0 Å². The second kappa shape index (κ2) is 5.87. The van der Waals surface area contributed by atoms with Crippen molar-refractivity contribution in [3.05, 3.63) is 22.8 Å². The van der Waals surface area contributed by atoms with Crippen LogP contribution in [0.4, 0.5) is 19.0 Å². The second-order valence-corrected chi connectivity index (χ2v) is 4.94. The number of hydrogen-bond acceptors (Lipinski definition) is 3. The molecule has 1 amide bonds. The number of nitrogens with one attached hydrogen (secondary N) is 2. The number of aromatic nitrogens is 1. The summed E-state index contributed by atoms with van der Waals surface area (Å²) in [7, 11) is 0. The third-order valence-electron chi connectivity index (χ3n) is 3.01. The van der Waals surface area contributed by atoms with Gasteiger partial charge in [0, 0.05) is 12.7 Å². The molecule has 2 rings (SSSR count). The Kier molecular flexibility index (Phi) is 4.37. The quantitative estimate of drug-likeness (QED) is 0.883. The van der Waals surface area contributed by atoms with E-state index in [9.17, 15) is 18.0 Å². The number of hydrogen-bond donors (Lipinski definition) is 2. The van der Waals surface area contributed by atoms with Gasteiger partial charge in [-0.1, -0.05) is 11.6 Å². The van der Waals surface area contributed by atoms with Gasteiger partial charge in [0.15, 0.2) is 0 Å². The van der Waals surface area contributed by atoms with Crippen molar-refractivity contribution in [2.24, 2.45) is 0 Å². The van der Waals surface area contributed by atoms with E-state index in [1.165, 1.54) is 0 Å². The highest BCUT2D eigenvalue weighted by molar-refractivity contribution is 6.33. The molecule has 0 saturated carbocycles. The summed E-state index contributed by atoms with van der Waals surface area (Å²) in [4.78, 5) is 15.4. The van der Waals surface area contributed by atoms with Gasteiger partial charge in [0.2, 0.25) is 5.91 Å². The van der Waals surface area contributed by atoms with Crippen LogP contribution in [0.5, 0.6) is 0 Å². The molecule has 1 aliphatic rings. The van der Waals surface area contributed by atoms with Gasteiger partial charge in [0.1, 0.15) is 11.9 Å². The topological polar surface area (TPSA) is 54.0 Å². The Labute approximate surface area is 118 Å². The van der Waals surface area contributed by atoms with Gasteiger partial charge in [-0.25, -0.2) is 4.98 Å². The largest absolute Gasteiger partial charge is 0.417 e. The van der Waals surface area contributed by atoms with Crippen LogP contribution in [0.25, 0.3) is 0 Å². The van der Waals surface area contributed by atoms with Crippen molar-refractivity contribution >= 4 is 23.3 Å². The van der Waals surface area contributed by atoms with Gasteiger partial charge >= 0.3 is 6.18 Å². The van der Waals surface area contributed by atoms with E-state index < -0.39 is 17.8 Å². The molecule has 2 N–H and O–H groups in total. The SMILES string of the molecule is O=C1NCCCC[C@H]1Nc1ncc(C(F)(F)F)cc1Cl. The van der Waals surface area contributed by atoms with Gasteiger partial charge in [0.25, 0.3) is 0 Å². The standard InChI is InChI=1S/C12H13ClF3N3O/c13-8-5-7(12(14,15)16)6-18-10(8)19-9-3-1-2-4-17-11(9)20/h5-6,9H,1-4H2,(H,17,20)(H,18,19)/t9-/m1/s1. The fourth-order valence-electron chi connectivity index (χ4n) is 1.94. The van der Waals surface area contributed by atoms with Gasteiger partial charge in [-0.05, 0) is 25.3 Å². The molecule has 2 heterocycles. The molecular weight excluding hydrogens is 295 g/mol. The molecule has 1 aromatic rings. The highest BCUT2D eigenvalue weighted by Crippen LogP contribution is 2.32. The molecule has 0 aromatic carbocycles. The lowest BCUT2D eigenvalue weighted by atomic mass is 10.1. The van der Waals surface area contributed by atoms with Gasteiger partial charge in [0.05, 0.1) is 10.6 Å². The molecule has 1 aromatic heterocycles. The summed E-state index contributed by atoms with van der Waals surface area (Å²) in [5.74, 6) is -0.109. The number of halogens is 4. The van der Waals surface area contributed by atoms with E-state index in [4.69, 9.17) is 11.6 Å². The van der Waals surface area contributed by atoms with Crippen LogP contribution in [0.1, 0.15) is 24.8 Å². The zero-order valence-electron chi connectivity index (χ0n) is 10.4. The van der Waals surface area contributed by atoms with E-state index >= 15 is 0 Å². The Morgan fingerprint density at radius 2 is 2.15 bits per heavy atom. The summed E-state index contributed by atoms with van der Waals surface area (Å²) < 4.78 is 37.5. The molecule has 1 saturated heterocycles. The average molecular weight is 308 g/mol. The normalized spacial score (nSPS) is 20.2. The lowest BCUT2D eigenvalue weighted by Gasteiger charge is -2.17. The average Bonchev–Trinajstić information content (AvgIpc) is 2.56. The van der Waals surface area contributed by atoms with Crippen LogP contribution in [0, 0.1) is 0 Å². The molecule has 0 unspecified atom stereocenters. The zero-order valence-corrected chi connectivity index (χ0v) is 11.2. The van der Waals surface area contributed by atoms with Crippen molar-refractivity contribution in [1.82, 2.24) is 10.3 Å². The van der Waals surface area contributed by atoms with Crippen molar-refractivity contribution in [2.45, 2.75) is 31.5 Å². The third-order valence-corrected chi connectivity index (χ3v) is 3.30. The minimum absolute atomic E-state index is 0.0849. The molecule has 4 nitrogen and oxygen atoms in total. The first-order chi connectivity index (χ1) is 9.38. The minimum Gasteiger partial charge on any atom is -0.357 e. The smallest absolute Gasteiger partial charge is 0.357 e. The highest BCUT2D eigenvalue weighted by atomic mass is 35.5. The molecule has 110 valence electrons. The fraction of sp³-hybridized carbons (Fsp3) is 0.500. The molecule has 0 bridgehead atoms. The zero-order chi connectivity index (χ0) is 14.8. The summed E-state index contributed by atoms with van der Waals surface area (Å²) in [6.07, 6.45) is -1.49. The van der Waals surface area contributed by atoms with Crippen LogP contribution in [0.2, 0.25) is 5.02 Å². The number of pyridine rings is 1. The number of alkyl halides is 3. The van der Waals surface area contributed by atoms with E-state index in [2.05, 4.69) is 15.6 Å². The summed E-state index contributed by atoms with van der Waals surface area (Å²) in [5.41, 5.74) is -0.918. The fourth-order valence-corrected chi connectivity index (χ4v) is 2.16. The van der Waals surface area contributed by atoms with Crippen molar-refractivity contribution < 1.29 is 18.0 Å². The molecule has 0 radical (unpaired) electrons. The molecule has 1 atom stereocenters. The Morgan fingerprint density at radius 3 is 2.80 bits per heavy atom. The number of rotatable bonds is 2. The van der Waals surface area contributed by atoms with Crippen LogP contribution in [0.15, 0.2) is 12.3 Å². The first kappa shape index (κ1) is 14.9. The van der Waals surface area contributed by atoms with E-state index in [1.807, 2.05) is 0 Å². The molecular formula is C12H13ClF3N3O. The summed E-state index contributed by atoms with van der Waals surface area (Å²) in [6.45, 7) is 0.602. The lowest BCUT2D eigenvalue weighted by Crippen LogP contribution is -2.38. The maximum Gasteiger partial charge on any atom is 0.417 e. The van der Waals surface area contributed by atoms with E-state index in [0.717, 1.165) is 18.9 Å². The van der Waals surface area contributed by atoms with Crippen LogP contribution < -0.4 is 10.6 Å². The van der Waals surface area contributed by atoms with Gasteiger partial charge in [-0.2, -0.15) is 13.2 Å². The van der Waals surface area contributed by atoms with Crippen molar-refractivity contribution in [2.75, 3.05) is 11.9 Å². The maximum absolute atomic E-state index is 12.5. The lowest BCUT2D eigenvalue weighted by molar-refractivity contribution is -0.137. The summed E-state index contributed by atoms with van der Waals surface area (Å²) >= 11 is 5.79. The molecule has 20 heavy (non-hydrogen) atoms. The van der Waals surface area contributed by atoms with Gasteiger partial charge < -0.3 is 10.6 Å². The van der Waals surface area contributed by atoms with Crippen molar-refractivity contribution in [3.63, 3.8) is 0 Å². The van der Waals surface area contributed by atoms with Crippen LogP contribution in [-0.4, -0.2) is 23.5 Å². The Bertz CT molecular complexity index is 507. The van der Waals surface area contributed by atoms with Crippen molar-refractivity contribution in [3.8, 4) is 0 Å². The van der Waals surface area contributed by atoms with E-state index in [0.29, 0.717) is 19.2 Å². The first-order valence-electron chi connectivity index (χ1n) is 6.15. The summed E-state index contributed by atoms with van der Waals surface area (Å²) in [6, 6.07) is 0.269. The predicted octanol–water partition coefficient (Wildman–Crippen LogP) is 2.83. The predicted molar refractivity (Wildman–Crippen MR) is 68.5 cm³/mol. The Balaban J connectivity index is 2.15. The number of anilines is 1.